The fourth-order valence-corrected chi connectivity index (χ4v) is 2.17. The molecule has 0 fully saturated rings. The summed E-state index contributed by atoms with van der Waals surface area (Å²) in [6.07, 6.45) is 1.83. The molecule has 0 aliphatic heterocycles. The Morgan fingerprint density at radius 1 is 1.09 bits per heavy atom. The lowest BCUT2D eigenvalue weighted by Gasteiger charge is -2.10. The summed E-state index contributed by atoms with van der Waals surface area (Å²) in [6, 6.07) is 14.9. The Morgan fingerprint density at radius 3 is 2.59 bits per heavy atom. The van der Waals surface area contributed by atoms with E-state index >= 15 is 0 Å². The van der Waals surface area contributed by atoms with Crippen LogP contribution in [0.3, 0.4) is 0 Å². The maximum absolute atomic E-state index is 11.1. The van der Waals surface area contributed by atoms with Crippen LogP contribution in [-0.4, -0.2) is 24.2 Å². The molecule has 4 heteroatoms. The summed E-state index contributed by atoms with van der Waals surface area (Å²) in [5.74, 6) is 0.0117. The maximum atomic E-state index is 11.1. The minimum Gasteiger partial charge on any atom is -0.493 e. The first kappa shape index (κ1) is 15.9. The van der Waals surface area contributed by atoms with E-state index in [4.69, 9.17) is 9.84 Å². The van der Waals surface area contributed by atoms with Crippen LogP contribution in [0.2, 0.25) is 0 Å². The first-order valence-corrected chi connectivity index (χ1v) is 7.43. The third-order valence-electron chi connectivity index (χ3n) is 3.40. The number of benzene rings is 2. The number of carboxylic acid groups (broad SMARTS) is 1. The zero-order valence-corrected chi connectivity index (χ0v) is 12.7. The number of para-hydroxylation sites is 2. The lowest BCUT2D eigenvalue weighted by atomic mass is 10.1. The topological polar surface area (TPSA) is 58.6 Å². The summed E-state index contributed by atoms with van der Waals surface area (Å²) in [6.45, 7) is 3.41. The Kier molecular flexibility index (Phi) is 5.83. The van der Waals surface area contributed by atoms with Gasteiger partial charge in [0, 0.05) is 12.2 Å². The van der Waals surface area contributed by atoms with Crippen molar-refractivity contribution in [2.75, 3.05) is 18.5 Å². The first-order valence-electron chi connectivity index (χ1n) is 7.43. The van der Waals surface area contributed by atoms with Gasteiger partial charge in [0.2, 0.25) is 0 Å². The fourth-order valence-electron chi connectivity index (χ4n) is 2.17. The molecule has 116 valence electrons. The predicted octanol–water partition coefficient (Wildman–Crippen LogP) is 3.96. The molecule has 0 aliphatic carbocycles. The van der Waals surface area contributed by atoms with Crippen LogP contribution in [0, 0.1) is 6.92 Å². The summed E-state index contributed by atoms with van der Waals surface area (Å²) >= 11 is 0. The van der Waals surface area contributed by atoms with Gasteiger partial charge in [-0.15, -0.1) is 0 Å². The minimum absolute atomic E-state index is 0.304. The highest BCUT2D eigenvalue weighted by atomic mass is 16.5. The van der Waals surface area contributed by atoms with Gasteiger partial charge in [0.25, 0.3) is 0 Å². The molecule has 0 atom stereocenters. The summed E-state index contributed by atoms with van der Waals surface area (Å²) in [4.78, 5) is 11.1. The van der Waals surface area contributed by atoms with Crippen LogP contribution < -0.4 is 10.1 Å². The molecule has 0 saturated heterocycles. The Balaban J connectivity index is 1.70. The Labute approximate surface area is 130 Å². The number of hydrogen-bond acceptors (Lipinski definition) is 3. The standard InChI is InChI=1S/C18H21NO3/c1-14-8-2-5-11-17(14)22-13-7-6-12-19-16-10-4-3-9-15(16)18(20)21/h2-5,8-11,19H,6-7,12-13H2,1H3,(H,20,21). The van der Waals surface area contributed by atoms with Crippen LogP contribution in [0.5, 0.6) is 5.75 Å². The lowest BCUT2D eigenvalue weighted by Crippen LogP contribution is -2.08. The molecule has 0 aliphatic rings. The van der Waals surface area contributed by atoms with E-state index in [0.29, 0.717) is 17.9 Å². The second kappa shape index (κ2) is 8.08. The van der Waals surface area contributed by atoms with E-state index in [0.717, 1.165) is 30.7 Å². The van der Waals surface area contributed by atoms with Crippen LogP contribution in [0.1, 0.15) is 28.8 Å². The third kappa shape index (κ3) is 4.52. The molecule has 0 heterocycles. The second-order valence-electron chi connectivity index (χ2n) is 5.10. The number of carboxylic acids is 1. The molecule has 22 heavy (non-hydrogen) atoms. The molecule has 0 bridgehead atoms. The smallest absolute Gasteiger partial charge is 0.337 e. The van der Waals surface area contributed by atoms with E-state index in [2.05, 4.69) is 5.32 Å². The van der Waals surface area contributed by atoms with Crippen molar-refractivity contribution >= 4 is 11.7 Å². The largest absolute Gasteiger partial charge is 0.493 e. The molecular weight excluding hydrogens is 278 g/mol. The van der Waals surface area contributed by atoms with E-state index in [1.54, 1.807) is 18.2 Å². The normalized spacial score (nSPS) is 10.2. The lowest BCUT2D eigenvalue weighted by molar-refractivity contribution is 0.0698. The highest BCUT2D eigenvalue weighted by Gasteiger charge is 2.07. The Bertz CT molecular complexity index is 625. The van der Waals surface area contributed by atoms with Gasteiger partial charge in [0.15, 0.2) is 0 Å². The Morgan fingerprint density at radius 2 is 1.82 bits per heavy atom. The summed E-state index contributed by atoms with van der Waals surface area (Å²) in [5.41, 5.74) is 2.10. The van der Waals surface area contributed by atoms with Gasteiger partial charge >= 0.3 is 5.97 Å². The molecule has 0 aromatic heterocycles. The van der Waals surface area contributed by atoms with E-state index in [-0.39, 0.29) is 0 Å². The number of rotatable bonds is 8. The predicted molar refractivity (Wildman–Crippen MR) is 87.8 cm³/mol. The van der Waals surface area contributed by atoms with Crippen LogP contribution in [0.25, 0.3) is 0 Å². The number of nitrogens with one attached hydrogen (secondary N) is 1. The molecule has 2 aromatic carbocycles. The number of carbonyl (C=O) groups is 1. The number of ether oxygens (including phenoxy) is 1. The quantitative estimate of drug-likeness (QED) is 0.724. The Hall–Kier alpha value is -2.49. The number of anilines is 1. The average Bonchev–Trinajstić information content (AvgIpc) is 2.52. The molecule has 0 saturated carbocycles. The molecule has 2 aromatic rings. The van der Waals surface area contributed by atoms with Gasteiger partial charge in [-0.1, -0.05) is 30.3 Å². The molecule has 0 unspecified atom stereocenters. The number of hydrogen-bond donors (Lipinski definition) is 2. The van der Waals surface area contributed by atoms with Gasteiger partial charge in [0.05, 0.1) is 12.2 Å². The van der Waals surface area contributed by atoms with Gasteiger partial charge in [-0.05, 0) is 43.5 Å². The number of aryl methyl sites for hydroxylation is 1. The van der Waals surface area contributed by atoms with Crippen LogP contribution >= 0.6 is 0 Å². The van der Waals surface area contributed by atoms with E-state index < -0.39 is 5.97 Å². The third-order valence-corrected chi connectivity index (χ3v) is 3.40. The summed E-state index contributed by atoms with van der Waals surface area (Å²) < 4.78 is 5.73. The molecule has 2 rings (SSSR count). The van der Waals surface area contributed by atoms with Crippen molar-refractivity contribution in [2.24, 2.45) is 0 Å². The van der Waals surface area contributed by atoms with Crippen molar-refractivity contribution < 1.29 is 14.6 Å². The number of aromatic carboxylic acids is 1. The zero-order chi connectivity index (χ0) is 15.8. The molecular formula is C18H21NO3. The van der Waals surface area contributed by atoms with Crippen LogP contribution in [0.4, 0.5) is 5.69 Å². The highest BCUT2D eigenvalue weighted by molar-refractivity contribution is 5.94. The van der Waals surface area contributed by atoms with Crippen LogP contribution in [-0.2, 0) is 0 Å². The SMILES string of the molecule is Cc1ccccc1OCCCCNc1ccccc1C(=O)O. The van der Waals surface area contributed by atoms with Gasteiger partial charge in [-0.2, -0.15) is 0 Å². The number of unbranched alkanes of at least 4 members (excludes halogenated alkanes) is 1. The van der Waals surface area contributed by atoms with E-state index in [1.165, 1.54) is 0 Å². The van der Waals surface area contributed by atoms with E-state index in [1.807, 2.05) is 37.3 Å². The van der Waals surface area contributed by atoms with Crippen molar-refractivity contribution in [3.05, 3.63) is 59.7 Å². The van der Waals surface area contributed by atoms with Gasteiger partial charge in [-0.3, -0.25) is 0 Å². The highest BCUT2D eigenvalue weighted by Crippen LogP contribution is 2.17. The summed E-state index contributed by atoms with van der Waals surface area (Å²) in [7, 11) is 0. The molecule has 4 nitrogen and oxygen atoms in total. The molecule has 0 radical (unpaired) electrons. The minimum atomic E-state index is -0.911. The maximum Gasteiger partial charge on any atom is 0.337 e. The van der Waals surface area contributed by atoms with Crippen molar-refractivity contribution in [1.29, 1.82) is 0 Å². The van der Waals surface area contributed by atoms with Crippen LogP contribution in [0.15, 0.2) is 48.5 Å². The van der Waals surface area contributed by atoms with Crippen molar-refractivity contribution in [3.8, 4) is 5.75 Å². The zero-order valence-electron chi connectivity index (χ0n) is 12.7. The molecule has 0 spiro atoms. The average molecular weight is 299 g/mol. The molecule has 0 amide bonds. The van der Waals surface area contributed by atoms with Gasteiger partial charge in [0.1, 0.15) is 5.75 Å². The van der Waals surface area contributed by atoms with Crippen molar-refractivity contribution in [1.82, 2.24) is 0 Å². The molecule has 2 N–H and O–H groups in total. The van der Waals surface area contributed by atoms with Crippen molar-refractivity contribution in [2.45, 2.75) is 19.8 Å². The monoisotopic (exact) mass is 299 g/mol. The van der Waals surface area contributed by atoms with Gasteiger partial charge < -0.3 is 15.2 Å². The second-order valence-corrected chi connectivity index (χ2v) is 5.10. The van der Waals surface area contributed by atoms with E-state index in [9.17, 15) is 4.79 Å². The summed E-state index contributed by atoms with van der Waals surface area (Å²) in [5, 5.41) is 12.3. The van der Waals surface area contributed by atoms with Crippen molar-refractivity contribution in [3.63, 3.8) is 0 Å². The van der Waals surface area contributed by atoms with Gasteiger partial charge in [-0.25, -0.2) is 4.79 Å². The first-order chi connectivity index (χ1) is 10.7. The fraction of sp³-hybridized carbons (Fsp3) is 0.278.